The van der Waals surface area contributed by atoms with Gasteiger partial charge in [0, 0.05) is 12.7 Å². The summed E-state index contributed by atoms with van der Waals surface area (Å²) in [5.41, 5.74) is 0.554. The summed E-state index contributed by atoms with van der Waals surface area (Å²) in [4.78, 5) is 10.9. The highest BCUT2D eigenvalue weighted by molar-refractivity contribution is 8.03. The molecule has 0 fully saturated rings. The summed E-state index contributed by atoms with van der Waals surface area (Å²) < 4.78 is 18.0. The van der Waals surface area contributed by atoms with E-state index in [0.717, 1.165) is 11.8 Å². The maximum absolute atomic E-state index is 13.0. The van der Waals surface area contributed by atoms with Gasteiger partial charge in [-0.15, -0.1) is 0 Å². The van der Waals surface area contributed by atoms with Crippen LogP contribution < -0.4 is 0 Å². The van der Waals surface area contributed by atoms with Crippen LogP contribution in [0.4, 0.5) is 4.39 Å². The number of nitriles is 1. The van der Waals surface area contributed by atoms with Crippen LogP contribution in [0.2, 0.25) is 0 Å². The molecule has 1 unspecified atom stereocenters. The number of hydrogen-bond acceptors (Lipinski definition) is 4. The molecule has 0 amide bonds. The smallest absolute Gasteiger partial charge is 0.303 e. The minimum absolute atomic E-state index is 0.291. The lowest BCUT2D eigenvalue weighted by Crippen LogP contribution is -2.11. The zero-order valence-corrected chi connectivity index (χ0v) is 9.46. The number of halogens is 1. The number of hydrogen-bond donors (Lipinski definition) is 0. The highest BCUT2D eigenvalue weighted by Gasteiger charge is 2.15. The van der Waals surface area contributed by atoms with Crippen LogP contribution in [0.3, 0.4) is 0 Å². The number of benzene rings is 1. The monoisotopic (exact) mass is 239 g/mol. The number of esters is 1. The Morgan fingerprint density at radius 3 is 3.00 bits per heavy atom. The van der Waals surface area contributed by atoms with Gasteiger partial charge in [0.05, 0.1) is 0 Å². The average molecular weight is 239 g/mol. The predicted octanol–water partition coefficient (Wildman–Crippen LogP) is 2.64. The van der Waals surface area contributed by atoms with Crippen molar-refractivity contribution in [2.24, 2.45) is 0 Å². The average Bonchev–Trinajstić information content (AvgIpc) is 2.23. The Kier molecular flexibility index (Phi) is 4.80. The highest BCUT2D eigenvalue weighted by atomic mass is 32.2. The number of carbonyl (C=O) groups excluding carboxylic acids is 1. The van der Waals surface area contributed by atoms with Crippen LogP contribution >= 0.6 is 11.8 Å². The number of rotatable bonds is 4. The fraction of sp³-hybridized carbons (Fsp3) is 0.273. The fourth-order valence-corrected chi connectivity index (χ4v) is 1.70. The number of thiocyanates is 1. The van der Waals surface area contributed by atoms with Gasteiger partial charge < -0.3 is 4.74 Å². The first-order chi connectivity index (χ1) is 7.63. The Bertz CT molecular complexity index is 417. The maximum Gasteiger partial charge on any atom is 0.303 e. The maximum atomic E-state index is 13.0. The van der Waals surface area contributed by atoms with E-state index >= 15 is 0 Å². The molecule has 3 nitrogen and oxygen atoms in total. The second-order valence-electron chi connectivity index (χ2n) is 3.06. The number of nitrogens with zero attached hydrogens (tertiary/aromatic N) is 1. The molecule has 0 N–H and O–H groups in total. The third kappa shape index (κ3) is 3.91. The molecule has 1 aromatic rings. The molecule has 0 saturated carbocycles. The lowest BCUT2D eigenvalue weighted by Gasteiger charge is -2.15. The van der Waals surface area contributed by atoms with Crippen molar-refractivity contribution < 1.29 is 13.9 Å². The standard InChI is InChI=1S/C11H10FNO2S/c1-8(14)15-11(6-16-7-13)9-3-2-4-10(12)5-9/h2-5,11H,6H2,1H3. The molecule has 84 valence electrons. The molecular formula is C11H10FNO2S. The number of carbonyl (C=O) groups is 1. The molecule has 16 heavy (non-hydrogen) atoms. The Hall–Kier alpha value is -1.54. The lowest BCUT2D eigenvalue weighted by atomic mass is 10.1. The SMILES string of the molecule is CC(=O)OC(CSC#N)c1cccc(F)c1. The minimum atomic E-state index is -0.585. The molecule has 0 aliphatic carbocycles. The first kappa shape index (κ1) is 12.5. The van der Waals surface area contributed by atoms with Crippen LogP contribution in [0.15, 0.2) is 24.3 Å². The van der Waals surface area contributed by atoms with E-state index in [-0.39, 0.29) is 0 Å². The molecule has 5 heteroatoms. The molecule has 1 rings (SSSR count). The van der Waals surface area contributed by atoms with E-state index in [1.165, 1.54) is 25.1 Å². The largest absolute Gasteiger partial charge is 0.457 e. The van der Waals surface area contributed by atoms with Crippen molar-refractivity contribution in [3.05, 3.63) is 35.6 Å². The summed E-state index contributed by atoms with van der Waals surface area (Å²) in [5.74, 6) is -0.552. The second kappa shape index (κ2) is 6.13. The van der Waals surface area contributed by atoms with Crippen molar-refractivity contribution in [3.8, 4) is 5.40 Å². The van der Waals surface area contributed by atoms with E-state index in [9.17, 15) is 9.18 Å². The summed E-state index contributed by atoms with van der Waals surface area (Å²) in [6.07, 6.45) is -0.585. The van der Waals surface area contributed by atoms with Crippen LogP contribution in [-0.2, 0) is 9.53 Å². The van der Waals surface area contributed by atoms with Gasteiger partial charge in [-0.05, 0) is 29.5 Å². The van der Waals surface area contributed by atoms with Crippen LogP contribution in [0, 0.1) is 16.5 Å². The first-order valence-corrected chi connectivity index (χ1v) is 5.55. The van der Waals surface area contributed by atoms with E-state index in [0.29, 0.717) is 11.3 Å². The van der Waals surface area contributed by atoms with Crippen molar-refractivity contribution in [2.75, 3.05) is 5.75 Å². The zero-order chi connectivity index (χ0) is 12.0. The second-order valence-corrected chi connectivity index (χ2v) is 3.86. The molecule has 0 saturated heterocycles. The molecule has 0 aliphatic heterocycles. The van der Waals surface area contributed by atoms with Crippen LogP contribution in [0.5, 0.6) is 0 Å². The van der Waals surface area contributed by atoms with Gasteiger partial charge in [-0.2, -0.15) is 5.26 Å². The van der Waals surface area contributed by atoms with Gasteiger partial charge in [0.2, 0.25) is 0 Å². The molecule has 1 aromatic carbocycles. The minimum Gasteiger partial charge on any atom is -0.457 e. The highest BCUT2D eigenvalue weighted by Crippen LogP contribution is 2.22. The van der Waals surface area contributed by atoms with Crippen molar-refractivity contribution in [1.82, 2.24) is 0 Å². The number of thioether (sulfide) groups is 1. The summed E-state index contributed by atoms with van der Waals surface area (Å²) >= 11 is 0.965. The summed E-state index contributed by atoms with van der Waals surface area (Å²) in [7, 11) is 0. The summed E-state index contributed by atoms with van der Waals surface area (Å²) in [6.45, 7) is 1.28. The molecule has 0 aromatic heterocycles. The van der Waals surface area contributed by atoms with E-state index < -0.39 is 17.9 Å². The predicted molar refractivity (Wildman–Crippen MR) is 59.0 cm³/mol. The van der Waals surface area contributed by atoms with Crippen molar-refractivity contribution in [1.29, 1.82) is 5.26 Å². The zero-order valence-electron chi connectivity index (χ0n) is 8.64. The third-order valence-corrected chi connectivity index (χ3v) is 2.43. The van der Waals surface area contributed by atoms with Crippen molar-refractivity contribution in [3.63, 3.8) is 0 Å². The van der Waals surface area contributed by atoms with Gasteiger partial charge in [-0.3, -0.25) is 4.79 Å². The van der Waals surface area contributed by atoms with E-state index in [1.807, 2.05) is 5.40 Å². The molecule has 0 heterocycles. The van der Waals surface area contributed by atoms with Gasteiger partial charge in [0.1, 0.15) is 17.3 Å². The van der Waals surface area contributed by atoms with E-state index in [1.54, 1.807) is 6.07 Å². The van der Waals surface area contributed by atoms with Gasteiger partial charge in [-0.25, -0.2) is 4.39 Å². The van der Waals surface area contributed by atoms with Crippen LogP contribution in [0.1, 0.15) is 18.6 Å². The Balaban J connectivity index is 2.83. The third-order valence-electron chi connectivity index (χ3n) is 1.83. The Morgan fingerprint density at radius 2 is 2.44 bits per heavy atom. The molecule has 0 bridgehead atoms. The van der Waals surface area contributed by atoms with E-state index in [4.69, 9.17) is 10.00 Å². The van der Waals surface area contributed by atoms with Gasteiger partial charge in [0.25, 0.3) is 0 Å². The van der Waals surface area contributed by atoms with Crippen molar-refractivity contribution in [2.45, 2.75) is 13.0 Å². The number of ether oxygens (including phenoxy) is 1. The van der Waals surface area contributed by atoms with Gasteiger partial charge >= 0.3 is 5.97 Å². The molecule has 0 aliphatic rings. The van der Waals surface area contributed by atoms with Crippen molar-refractivity contribution >= 4 is 17.7 Å². The Labute approximate surface area is 97.2 Å². The van der Waals surface area contributed by atoms with Crippen LogP contribution in [-0.4, -0.2) is 11.7 Å². The lowest BCUT2D eigenvalue weighted by molar-refractivity contribution is -0.145. The summed E-state index contributed by atoms with van der Waals surface area (Å²) in [6, 6.07) is 5.81. The molecule has 1 atom stereocenters. The quantitative estimate of drug-likeness (QED) is 0.598. The first-order valence-electron chi connectivity index (χ1n) is 4.57. The molecule has 0 radical (unpaired) electrons. The molecule has 0 spiro atoms. The normalized spacial score (nSPS) is 11.6. The summed E-state index contributed by atoms with van der Waals surface area (Å²) in [5, 5.41) is 10.3. The van der Waals surface area contributed by atoms with Crippen LogP contribution in [0.25, 0.3) is 0 Å². The Morgan fingerprint density at radius 1 is 1.69 bits per heavy atom. The topological polar surface area (TPSA) is 50.1 Å². The molecular weight excluding hydrogens is 229 g/mol. The fourth-order valence-electron chi connectivity index (χ4n) is 1.22. The van der Waals surface area contributed by atoms with Gasteiger partial charge in [0.15, 0.2) is 0 Å². The van der Waals surface area contributed by atoms with Gasteiger partial charge in [-0.1, -0.05) is 12.1 Å². The van der Waals surface area contributed by atoms with E-state index in [2.05, 4.69) is 0 Å².